The summed E-state index contributed by atoms with van der Waals surface area (Å²) >= 11 is 0. The Morgan fingerprint density at radius 2 is 2.16 bits per heavy atom. The zero-order valence-electron chi connectivity index (χ0n) is 12.0. The quantitative estimate of drug-likeness (QED) is 0.855. The minimum atomic E-state index is -0.192. The highest BCUT2D eigenvalue weighted by Crippen LogP contribution is 2.22. The molecule has 2 aromatic rings. The lowest BCUT2D eigenvalue weighted by Gasteiger charge is -2.31. The fourth-order valence-electron chi connectivity index (χ4n) is 2.40. The van der Waals surface area contributed by atoms with Gasteiger partial charge < -0.3 is 11.1 Å². The van der Waals surface area contributed by atoms with Gasteiger partial charge in [0.25, 0.3) is 0 Å². The van der Waals surface area contributed by atoms with Gasteiger partial charge in [0.1, 0.15) is 5.82 Å². The fraction of sp³-hybridized carbons (Fsp3) is 0.615. The fourth-order valence-corrected chi connectivity index (χ4v) is 2.40. The number of nitrogens with zero attached hydrogens (tertiary/aromatic N) is 4. The Labute approximate surface area is 113 Å². The molecule has 6 heteroatoms. The maximum Gasteiger partial charge on any atom is 0.203 e. The van der Waals surface area contributed by atoms with Gasteiger partial charge in [0.05, 0.1) is 0 Å². The number of aromatic nitrogens is 4. The van der Waals surface area contributed by atoms with E-state index in [-0.39, 0.29) is 5.54 Å². The van der Waals surface area contributed by atoms with E-state index >= 15 is 0 Å². The molecule has 1 atom stereocenters. The highest BCUT2D eigenvalue weighted by Gasteiger charge is 2.25. The molecule has 0 radical (unpaired) electrons. The van der Waals surface area contributed by atoms with E-state index in [0.717, 1.165) is 23.7 Å². The maximum atomic E-state index is 5.92. The molecule has 0 amide bonds. The molecule has 19 heavy (non-hydrogen) atoms. The molecule has 2 aromatic heterocycles. The smallest absolute Gasteiger partial charge is 0.203 e. The number of rotatable bonds is 5. The van der Waals surface area contributed by atoms with Crippen LogP contribution in [0.2, 0.25) is 0 Å². The van der Waals surface area contributed by atoms with E-state index in [1.807, 2.05) is 17.5 Å². The van der Waals surface area contributed by atoms with Crippen LogP contribution in [0.25, 0.3) is 5.65 Å². The van der Waals surface area contributed by atoms with Crippen molar-refractivity contribution in [1.82, 2.24) is 19.6 Å². The molecule has 104 valence electrons. The first-order valence-electron chi connectivity index (χ1n) is 6.60. The van der Waals surface area contributed by atoms with E-state index in [2.05, 4.69) is 41.3 Å². The van der Waals surface area contributed by atoms with Gasteiger partial charge in [-0.3, -0.25) is 4.40 Å². The van der Waals surface area contributed by atoms with Gasteiger partial charge in [-0.15, -0.1) is 10.2 Å². The van der Waals surface area contributed by atoms with Gasteiger partial charge in [-0.2, -0.15) is 0 Å². The van der Waals surface area contributed by atoms with E-state index in [4.69, 9.17) is 5.73 Å². The second kappa shape index (κ2) is 5.13. The number of aryl methyl sites for hydroxylation is 1. The summed E-state index contributed by atoms with van der Waals surface area (Å²) in [5, 5.41) is 11.7. The minimum absolute atomic E-state index is 0.192. The predicted molar refractivity (Wildman–Crippen MR) is 76.1 cm³/mol. The van der Waals surface area contributed by atoms with Crippen molar-refractivity contribution in [1.29, 1.82) is 0 Å². The van der Waals surface area contributed by atoms with E-state index in [0.29, 0.717) is 12.5 Å². The first kappa shape index (κ1) is 13.7. The molecule has 0 spiro atoms. The molecule has 6 nitrogen and oxygen atoms in total. The van der Waals surface area contributed by atoms with Crippen molar-refractivity contribution < 1.29 is 0 Å². The second-order valence-corrected chi connectivity index (χ2v) is 5.70. The molecular formula is C13H22N6. The van der Waals surface area contributed by atoms with Gasteiger partial charge in [0.2, 0.25) is 5.65 Å². The number of nitrogens with two attached hydrogens (primary N) is 1. The lowest BCUT2D eigenvalue weighted by atomic mass is 9.91. The summed E-state index contributed by atoms with van der Waals surface area (Å²) in [5.74, 6) is 2.14. The average Bonchev–Trinajstić information content (AvgIpc) is 2.72. The summed E-state index contributed by atoms with van der Waals surface area (Å²) in [7, 11) is 0. The zero-order chi connectivity index (χ0) is 14.0. The van der Waals surface area contributed by atoms with Crippen molar-refractivity contribution in [2.24, 2.45) is 11.7 Å². The van der Waals surface area contributed by atoms with Crippen LogP contribution in [0.3, 0.4) is 0 Å². The van der Waals surface area contributed by atoms with Crippen LogP contribution in [-0.4, -0.2) is 31.7 Å². The van der Waals surface area contributed by atoms with Crippen LogP contribution in [-0.2, 0) is 0 Å². The summed E-state index contributed by atoms with van der Waals surface area (Å²) in [6.45, 7) is 8.94. The monoisotopic (exact) mass is 262 g/mol. The van der Waals surface area contributed by atoms with Crippen LogP contribution in [0.1, 0.15) is 33.0 Å². The normalized spacial score (nSPS) is 14.8. The molecule has 3 N–H and O–H groups in total. The van der Waals surface area contributed by atoms with Gasteiger partial charge in [-0.1, -0.05) is 13.8 Å². The summed E-state index contributed by atoms with van der Waals surface area (Å²) in [5.41, 5.74) is 6.47. The van der Waals surface area contributed by atoms with Gasteiger partial charge >= 0.3 is 0 Å². The second-order valence-electron chi connectivity index (χ2n) is 5.70. The average molecular weight is 262 g/mol. The third-order valence-electron chi connectivity index (χ3n) is 3.23. The Kier molecular flexibility index (Phi) is 3.71. The number of anilines is 1. The Morgan fingerprint density at radius 3 is 2.79 bits per heavy atom. The van der Waals surface area contributed by atoms with Crippen LogP contribution >= 0.6 is 0 Å². The van der Waals surface area contributed by atoms with Crippen LogP contribution < -0.4 is 11.1 Å². The van der Waals surface area contributed by atoms with Gasteiger partial charge in [0.15, 0.2) is 5.82 Å². The lowest BCUT2D eigenvalue weighted by molar-refractivity contribution is 0.406. The molecule has 0 fully saturated rings. The maximum absolute atomic E-state index is 5.92. The highest BCUT2D eigenvalue weighted by atomic mass is 15.3. The largest absolute Gasteiger partial charge is 0.360 e. The predicted octanol–water partition coefficient (Wildman–Crippen LogP) is 1.61. The molecule has 0 saturated carbocycles. The SMILES string of the molecule is Cc1nnc2c(NC(C)(CN)CC(C)C)nccn12. The summed E-state index contributed by atoms with van der Waals surface area (Å²) < 4.78 is 1.92. The minimum Gasteiger partial charge on any atom is -0.360 e. The highest BCUT2D eigenvalue weighted by molar-refractivity contribution is 5.63. The summed E-state index contributed by atoms with van der Waals surface area (Å²) in [4.78, 5) is 4.37. The Hall–Kier alpha value is -1.69. The number of fused-ring (bicyclic) bond motifs is 1. The molecule has 0 aliphatic rings. The van der Waals surface area contributed by atoms with Crippen molar-refractivity contribution in [2.45, 2.75) is 39.7 Å². The molecule has 1 unspecified atom stereocenters. The molecular weight excluding hydrogens is 240 g/mol. The zero-order valence-corrected chi connectivity index (χ0v) is 12.0. The number of hydrogen-bond acceptors (Lipinski definition) is 5. The summed E-state index contributed by atoms with van der Waals surface area (Å²) in [6, 6.07) is 0. The van der Waals surface area contributed by atoms with Crippen LogP contribution in [0, 0.1) is 12.8 Å². The van der Waals surface area contributed by atoms with Crippen LogP contribution in [0.4, 0.5) is 5.82 Å². The molecule has 0 saturated heterocycles. The van der Waals surface area contributed by atoms with Gasteiger partial charge in [0, 0.05) is 24.5 Å². The Morgan fingerprint density at radius 1 is 1.42 bits per heavy atom. The molecule has 0 bridgehead atoms. The summed E-state index contributed by atoms with van der Waals surface area (Å²) in [6.07, 6.45) is 4.58. The van der Waals surface area contributed by atoms with E-state index in [9.17, 15) is 0 Å². The molecule has 2 heterocycles. The van der Waals surface area contributed by atoms with Crippen molar-refractivity contribution >= 4 is 11.5 Å². The van der Waals surface area contributed by atoms with Gasteiger partial charge in [-0.05, 0) is 26.2 Å². The van der Waals surface area contributed by atoms with Crippen molar-refractivity contribution in [3.8, 4) is 0 Å². The molecule has 2 rings (SSSR count). The standard InChI is InChI=1S/C13H22N6/c1-9(2)7-13(4,8-14)16-11-12-18-17-10(3)19(12)6-5-15-11/h5-6,9H,7-8,14H2,1-4H3,(H,15,16). The van der Waals surface area contributed by atoms with Crippen LogP contribution in [0.5, 0.6) is 0 Å². The lowest BCUT2D eigenvalue weighted by Crippen LogP contribution is -2.44. The third-order valence-corrected chi connectivity index (χ3v) is 3.23. The first-order valence-corrected chi connectivity index (χ1v) is 6.60. The van der Waals surface area contributed by atoms with E-state index < -0.39 is 0 Å². The third kappa shape index (κ3) is 2.84. The van der Waals surface area contributed by atoms with Crippen molar-refractivity contribution in [3.05, 3.63) is 18.2 Å². The topological polar surface area (TPSA) is 81.1 Å². The molecule has 0 aromatic carbocycles. The van der Waals surface area contributed by atoms with E-state index in [1.165, 1.54) is 0 Å². The first-order chi connectivity index (χ1) is 8.95. The van der Waals surface area contributed by atoms with Gasteiger partial charge in [-0.25, -0.2) is 4.98 Å². The Bertz CT molecular complexity index is 561. The molecule has 0 aliphatic heterocycles. The number of hydrogen-bond donors (Lipinski definition) is 2. The van der Waals surface area contributed by atoms with Crippen LogP contribution in [0.15, 0.2) is 12.4 Å². The Balaban J connectivity index is 2.34. The van der Waals surface area contributed by atoms with Crippen molar-refractivity contribution in [3.63, 3.8) is 0 Å². The van der Waals surface area contributed by atoms with E-state index in [1.54, 1.807) is 6.20 Å². The molecule has 0 aliphatic carbocycles. The van der Waals surface area contributed by atoms with Crippen molar-refractivity contribution in [2.75, 3.05) is 11.9 Å². The number of nitrogens with one attached hydrogen (secondary N) is 1.